The molecule has 1 amide bonds. The number of carbonyl (C=O) groups excluding carboxylic acids is 1. The summed E-state index contributed by atoms with van der Waals surface area (Å²) in [6, 6.07) is 0. The minimum Gasteiger partial charge on any atom is -0.331 e. The van der Waals surface area contributed by atoms with Crippen molar-refractivity contribution in [3.63, 3.8) is 0 Å². The standard InChI is InChI=1S/C16H24N2OS/c1-12(19)17-16-14(11-18-9-5-2-6-10-18)13-7-3-4-8-15(13)20-16/h2-11H2,1H3,(H,17,19)/p+1. The van der Waals surface area contributed by atoms with E-state index in [0.29, 0.717) is 0 Å². The number of piperidine rings is 1. The Bertz CT molecular complexity index is 489. The fourth-order valence-electron chi connectivity index (χ4n) is 3.56. The molecular formula is C16H25N2OS+. The van der Waals surface area contributed by atoms with E-state index in [9.17, 15) is 4.79 Å². The second kappa shape index (κ2) is 6.27. The van der Waals surface area contributed by atoms with Gasteiger partial charge in [-0.3, -0.25) is 4.79 Å². The highest BCUT2D eigenvalue weighted by Gasteiger charge is 2.25. The van der Waals surface area contributed by atoms with Gasteiger partial charge >= 0.3 is 0 Å². The molecule has 1 fully saturated rings. The van der Waals surface area contributed by atoms with Crippen molar-refractivity contribution in [3.8, 4) is 0 Å². The molecule has 1 aromatic rings. The van der Waals surface area contributed by atoms with Crippen LogP contribution < -0.4 is 10.2 Å². The van der Waals surface area contributed by atoms with Gasteiger partial charge in [0, 0.05) is 17.4 Å². The van der Waals surface area contributed by atoms with E-state index in [4.69, 9.17) is 0 Å². The molecule has 1 aliphatic heterocycles. The Labute approximate surface area is 125 Å². The topological polar surface area (TPSA) is 33.5 Å². The summed E-state index contributed by atoms with van der Waals surface area (Å²) in [5, 5.41) is 4.23. The van der Waals surface area contributed by atoms with Gasteiger partial charge in [-0.1, -0.05) is 0 Å². The van der Waals surface area contributed by atoms with E-state index in [0.717, 1.165) is 11.5 Å². The average molecular weight is 293 g/mol. The van der Waals surface area contributed by atoms with Crippen molar-refractivity contribution in [1.29, 1.82) is 0 Å². The van der Waals surface area contributed by atoms with Crippen LogP contribution in [0.4, 0.5) is 5.00 Å². The molecule has 1 aromatic heterocycles. The van der Waals surface area contributed by atoms with Crippen molar-refractivity contribution in [1.82, 2.24) is 0 Å². The van der Waals surface area contributed by atoms with Crippen LogP contribution >= 0.6 is 11.3 Å². The van der Waals surface area contributed by atoms with Crippen molar-refractivity contribution in [3.05, 3.63) is 16.0 Å². The van der Waals surface area contributed by atoms with Crippen molar-refractivity contribution >= 4 is 22.2 Å². The highest BCUT2D eigenvalue weighted by Crippen LogP contribution is 2.37. The molecule has 2 N–H and O–H groups in total. The lowest BCUT2D eigenvalue weighted by molar-refractivity contribution is -0.918. The van der Waals surface area contributed by atoms with E-state index in [2.05, 4.69) is 5.32 Å². The smallest absolute Gasteiger partial charge is 0.221 e. The summed E-state index contributed by atoms with van der Waals surface area (Å²) in [7, 11) is 0. The molecule has 2 heterocycles. The van der Waals surface area contributed by atoms with Gasteiger partial charge in [-0.05, 0) is 50.5 Å². The fourth-order valence-corrected chi connectivity index (χ4v) is 4.91. The number of nitrogens with one attached hydrogen (secondary N) is 2. The minimum atomic E-state index is 0.0680. The lowest BCUT2D eigenvalue weighted by Crippen LogP contribution is -3.11. The van der Waals surface area contributed by atoms with Crippen molar-refractivity contribution in [2.75, 3.05) is 18.4 Å². The van der Waals surface area contributed by atoms with Crippen LogP contribution in [0, 0.1) is 0 Å². The third-order valence-corrected chi connectivity index (χ3v) is 5.81. The van der Waals surface area contributed by atoms with Crippen LogP contribution in [0.15, 0.2) is 0 Å². The van der Waals surface area contributed by atoms with Crippen molar-refractivity contribution < 1.29 is 9.69 Å². The van der Waals surface area contributed by atoms with Gasteiger partial charge in [0.1, 0.15) is 11.5 Å². The van der Waals surface area contributed by atoms with Gasteiger partial charge in [-0.25, -0.2) is 0 Å². The first-order valence-electron chi connectivity index (χ1n) is 7.98. The summed E-state index contributed by atoms with van der Waals surface area (Å²) in [6.45, 7) is 5.33. The average Bonchev–Trinajstić information content (AvgIpc) is 2.77. The maximum atomic E-state index is 11.5. The lowest BCUT2D eigenvalue weighted by Gasteiger charge is -2.24. The van der Waals surface area contributed by atoms with Crippen LogP contribution in [0.5, 0.6) is 0 Å². The predicted octanol–water partition coefficient (Wildman–Crippen LogP) is 2.15. The first-order valence-corrected chi connectivity index (χ1v) is 8.80. The van der Waals surface area contributed by atoms with E-state index in [1.165, 1.54) is 68.5 Å². The fraction of sp³-hybridized carbons (Fsp3) is 0.688. The normalized spacial score (nSPS) is 19.6. The van der Waals surface area contributed by atoms with E-state index in [1.54, 1.807) is 17.4 Å². The molecule has 0 radical (unpaired) electrons. The molecule has 0 aromatic carbocycles. The number of aryl methyl sites for hydroxylation is 1. The van der Waals surface area contributed by atoms with Gasteiger partial charge in [0.05, 0.1) is 13.1 Å². The van der Waals surface area contributed by atoms with Crippen molar-refractivity contribution in [2.24, 2.45) is 0 Å². The number of carbonyl (C=O) groups is 1. The van der Waals surface area contributed by atoms with Gasteiger partial charge in [0.25, 0.3) is 0 Å². The number of anilines is 1. The Balaban J connectivity index is 1.85. The second-order valence-electron chi connectivity index (χ2n) is 6.19. The van der Waals surface area contributed by atoms with Crippen LogP contribution in [-0.2, 0) is 24.2 Å². The van der Waals surface area contributed by atoms with E-state index in [1.807, 2.05) is 11.3 Å². The second-order valence-corrected chi connectivity index (χ2v) is 7.29. The third kappa shape index (κ3) is 3.07. The SMILES string of the molecule is CC(=O)Nc1sc2c(c1C[NH+]1CCCCC1)CCCC2. The molecule has 2 aliphatic rings. The molecule has 0 unspecified atom stereocenters. The number of hydrogen-bond acceptors (Lipinski definition) is 2. The summed E-state index contributed by atoms with van der Waals surface area (Å²) in [4.78, 5) is 14.7. The molecule has 0 saturated carbocycles. The molecule has 3 nitrogen and oxygen atoms in total. The molecule has 0 bridgehead atoms. The number of hydrogen-bond donors (Lipinski definition) is 2. The monoisotopic (exact) mass is 293 g/mol. The molecular weight excluding hydrogens is 268 g/mol. The van der Waals surface area contributed by atoms with E-state index in [-0.39, 0.29) is 5.91 Å². The van der Waals surface area contributed by atoms with Crippen molar-refractivity contribution in [2.45, 2.75) is 58.4 Å². The summed E-state index contributed by atoms with van der Waals surface area (Å²) >= 11 is 1.83. The molecule has 0 spiro atoms. The zero-order chi connectivity index (χ0) is 13.9. The third-order valence-electron chi connectivity index (χ3n) is 4.56. The van der Waals surface area contributed by atoms with E-state index >= 15 is 0 Å². The van der Waals surface area contributed by atoms with Gasteiger partial charge in [0.2, 0.25) is 5.91 Å². The maximum Gasteiger partial charge on any atom is 0.221 e. The van der Waals surface area contributed by atoms with Crippen LogP contribution in [0.3, 0.4) is 0 Å². The first kappa shape index (κ1) is 14.1. The number of amides is 1. The zero-order valence-corrected chi connectivity index (χ0v) is 13.2. The Kier molecular flexibility index (Phi) is 4.41. The molecule has 1 aliphatic carbocycles. The van der Waals surface area contributed by atoms with Gasteiger partial charge in [-0.15, -0.1) is 11.3 Å². The summed E-state index contributed by atoms with van der Waals surface area (Å²) in [5.41, 5.74) is 3.03. The Morgan fingerprint density at radius 1 is 1.15 bits per heavy atom. The molecule has 3 rings (SSSR count). The highest BCUT2D eigenvalue weighted by atomic mass is 32.1. The zero-order valence-electron chi connectivity index (χ0n) is 12.4. The quantitative estimate of drug-likeness (QED) is 0.880. The molecule has 1 saturated heterocycles. The van der Waals surface area contributed by atoms with Gasteiger partial charge in [-0.2, -0.15) is 0 Å². The highest BCUT2D eigenvalue weighted by molar-refractivity contribution is 7.16. The Morgan fingerprint density at radius 2 is 1.90 bits per heavy atom. The molecule has 0 atom stereocenters. The molecule has 110 valence electrons. The lowest BCUT2D eigenvalue weighted by atomic mass is 9.95. The minimum absolute atomic E-state index is 0.0680. The number of quaternary nitrogens is 1. The van der Waals surface area contributed by atoms with Crippen LogP contribution in [0.2, 0.25) is 0 Å². The Hall–Kier alpha value is -0.870. The molecule has 20 heavy (non-hydrogen) atoms. The number of thiophene rings is 1. The van der Waals surface area contributed by atoms with Gasteiger partial charge in [0.15, 0.2) is 0 Å². The number of fused-ring (bicyclic) bond motifs is 1. The summed E-state index contributed by atoms with van der Waals surface area (Å²) < 4.78 is 0. The Morgan fingerprint density at radius 3 is 2.65 bits per heavy atom. The largest absolute Gasteiger partial charge is 0.331 e. The summed E-state index contributed by atoms with van der Waals surface area (Å²) in [6.07, 6.45) is 9.16. The van der Waals surface area contributed by atoms with Crippen LogP contribution in [0.1, 0.15) is 55.0 Å². The molecule has 4 heteroatoms. The van der Waals surface area contributed by atoms with Crippen LogP contribution in [-0.4, -0.2) is 19.0 Å². The van der Waals surface area contributed by atoms with Gasteiger partial charge < -0.3 is 10.2 Å². The first-order chi connectivity index (χ1) is 9.74. The number of rotatable bonds is 3. The summed E-state index contributed by atoms with van der Waals surface area (Å²) in [5.74, 6) is 0.0680. The number of likely N-dealkylation sites (tertiary alicyclic amines) is 1. The predicted molar refractivity (Wildman–Crippen MR) is 83.5 cm³/mol. The van der Waals surface area contributed by atoms with E-state index < -0.39 is 0 Å². The maximum absolute atomic E-state index is 11.5. The van der Waals surface area contributed by atoms with Crippen LogP contribution in [0.25, 0.3) is 0 Å².